The SMILES string of the molecule is COc1cc(Nc2ncc(-c3ccccc3N(C)C(=O)CN(C)C3CCCCC3)o2)ccc1-c1cnco1. The fourth-order valence-electron chi connectivity index (χ4n) is 4.98. The summed E-state index contributed by atoms with van der Waals surface area (Å²) in [6.07, 6.45) is 10.8. The molecule has 4 aromatic rings. The maximum Gasteiger partial charge on any atom is 0.299 e. The molecule has 198 valence electrons. The predicted octanol–water partition coefficient (Wildman–Crippen LogP) is 5.98. The van der Waals surface area contributed by atoms with Gasteiger partial charge in [0.15, 0.2) is 17.9 Å². The highest BCUT2D eigenvalue weighted by atomic mass is 16.5. The Bertz CT molecular complexity index is 1360. The second-order valence-corrected chi connectivity index (χ2v) is 9.61. The third-order valence-electron chi connectivity index (χ3n) is 7.14. The Labute approximate surface area is 222 Å². The van der Waals surface area contributed by atoms with Gasteiger partial charge in [0.2, 0.25) is 5.91 Å². The number of carbonyl (C=O) groups is 1. The number of carbonyl (C=O) groups excluding carboxylic acids is 1. The number of ether oxygens (including phenoxy) is 1. The summed E-state index contributed by atoms with van der Waals surface area (Å²) in [5.41, 5.74) is 3.10. The normalized spacial score (nSPS) is 14.0. The van der Waals surface area contributed by atoms with Gasteiger partial charge in [-0.3, -0.25) is 9.69 Å². The van der Waals surface area contributed by atoms with E-state index in [2.05, 4.69) is 27.2 Å². The van der Waals surface area contributed by atoms with Gasteiger partial charge in [0, 0.05) is 30.4 Å². The third kappa shape index (κ3) is 5.57. The number of methoxy groups -OCH3 is 1. The lowest BCUT2D eigenvalue weighted by atomic mass is 9.94. The number of hydrogen-bond acceptors (Lipinski definition) is 8. The Hall–Kier alpha value is -4.11. The third-order valence-corrected chi connectivity index (χ3v) is 7.14. The molecule has 0 bridgehead atoms. The smallest absolute Gasteiger partial charge is 0.299 e. The van der Waals surface area contributed by atoms with E-state index in [9.17, 15) is 4.79 Å². The lowest BCUT2D eigenvalue weighted by molar-refractivity contribution is -0.119. The Morgan fingerprint density at radius 1 is 1.05 bits per heavy atom. The second kappa shape index (κ2) is 11.5. The first-order valence-corrected chi connectivity index (χ1v) is 12.9. The van der Waals surface area contributed by atoms with E-state index in [0.29, 0.717) is 35.9 Å². The van der Waals surface area contributed by atoms with Crippen LogP contribution in [0.2, 0.25) is 0 Å². The summed E-state index contributed by atoms with van der Waals surface area (Å²) < 4.78 is 17.0. The van der Waals surface area contributed by atoms with Crippen LogP contribution in [0.15, 0.2) is 70.1 Å². The molecule has 1 aliphatic rings. The molecule has 0 aliphatic heterocycles. The second-order valence-electron chi connectivity index (χ2n) is 9.61. The summed E-state index contributed by atoms with van der Waals surface area (Å²) in [5, 5.41) is 3.18. The van der Waals surface area contributed by atoms with Crippen LogP contribution < -0.4 is 15.0 Å². The molecule has 2 heterocycles. The van der Waals surface area contributed by atoms with Gasteiger partial charge in [-0.1, -0.05) is 31.4 Å². The minimum Gasteiger partial charge on any atom is -0.496 e. The zero-order valence-electron chi connectivity index (χ0n) is 22.0. The van der Waals surface area contributed by atoms with Gasteiger partial charge in [0.25, 0.3) is 6.01 Å². The summed E-state index contributed by atoms with van der Waals surface area (Å²) >= 11 is 0. The number of rotatable bonds is 9. The Kier molecular flexibility index (Phi) is 7.74. The van der Waals surface area contributed by atoms with E-state index in [-0.39, 0.29) is 5.91 Å². The van der Waals surface area contributed by atoms with Gasteiger partial charge in [-0.25, -0.2) is 9.97 Å². The van der Waals surface area contributed by atoms with Gasteiger partial charge >= 0.3 is 0 Å². The molecule has 0 saturated heterocycles. The van der Waals surface area contributed by atoms with Crippen LogP contribution in [0.5, 0.6) is 5.75 Å². The number of hydrogen-bond donors (Lipinski definition) is 1. The van der Waals surface area contributed by atoms with Crippen LogP contribution in [-0.4, -0.2) is 54.6 Å². The number of nitrogens with one attached hydrogen (secondary N) is 1. The fourth-order valence-corrected chi connectivity index (χ4v) is 4.98. The van der Waals surface area contributed by atoms with Crippen LogP contribution in [0.25, 0.3) is 22.6 Å². The first-order valence-electron chi connectivity index (χ1n) is 12.9. The van der Waals surface area contributed by atoms with Gasteiger partial charge in [0.1, 0.15) is 5.75 Å². The molecule has 2 aromatic carbocycles. The number of para-hydroxylation sites is 1. The first-order chi connectivity index (χ1) is 18.5. The quantitative estimate of drug-likeness (QED) is 0.291. The van der Waals surface area contributed by atoms with Crippen molar-refractivity contribution in [2.45, 2.75) is 38.1 Å². The molecular formula is C29H33N5O4. The average molecular weight is 516 g/mol. The number of amides is 1. The predicted molar refractivity (Wildman–Crippen MR) is 147 cm³/mol. The summed E-state index contributed by atoms with van der Waals surface area (Å²) in [4.78, 5) is 25.5. The molecule has 9 heteroatoms. The summed E-state index contributed by atoms with van der Waals surface area (Å²) in [5.74, 6) is 1.85. The van der Waals surface area contributed by atoms with Gasteiger partial charge < -0.3 is 23.8 Å². The van der Waals surface area contributed by atoms with E-state index in [1.165, 1.54) is 25.7 Å². The number of oxazole rings is 2. The van der Waals surface area contributed by atoms with Crippen molar-refractivity contribution < 1.29 is 18.4 Å². The molecule has 38 heavy (non-hydrogen) atoms. The highest BCUT2D eigenvalue weighted by Gasteiger charge is 2.23. The van der Waals surface area contributed by atoms with E-state index in [4.69, 9.17) is 13.6 Å². The van der Waals surface area contributed by atoms with Crippen molar-refractivity contribution in [2.24, 2.45) is 0 Å². The Morgan fingerprint density at radius 2 is 1.87 bits per heavy atom. The van der Waals surface area contributed by atoms with Crippen molar-refractivity contribution in [3.8, 4) is 28.4 Å². The van der Waals surface area contributed by atoms with Crippen LogP contribution in [-0.2, 0) is 4.79 Å². The first kappa shape index (κ1) is 25.5. The molecule has 0 unspecified atom stereocenters. The van der Waals surface area contributed by atoms with Crippen molar-refractivity contribution in [3.63, 3.8) is 0 Å². The molecule has 5 rings (SSSR count). The lowest BCUT2D eigenvalue weighted by Crippen LogP contribution is -2.42. The molecule has 1 fully saturated rings. The number of anilines is 3. The molecule has 1 amide bonds. The highest BCUT2D eigenvalue weighted by Crippen LogP contribution is 2.35. The van der Waals surface area contributed by atoms with Gasteiger partial charge in [-0.05, 0) is 44.2 Å². The van der Waals surface area contributed by atoms with E-state index >= 15 is 0 Å². The Morgan fingerprint density at radius 3 is 2.63 bits per heavy atom. The molecule has 9 nitrogen and oxygen atoms in total. The number of aromatic nitrogens is 2. The molecule has 1 N–H and O–H groups in total. The van der Waals surface area contributed by atoms with Crippen molar-refractivity contribution in [1.82, 2.24) is 14.9 Å². The van der Waals surface area contributed by atoms with E-state index in [0.717, 1.165) is 35.3 Å². The van der Waals surface area contributed by atoms with Gasteiger partial charge in [-0.15, -0.1) is 0 Å². The van der Waals surface area contributed by atoms with Gasteiger partial charge in [-0.2, -0.15) is 0 Å². The summed E-state index contributed by atoms with van der Waals surface area (Å²) in [6, 6.07) is 14.1. The molecule has 1 saturated carbocycles. The molecule has 0 spiro atoms. The summed E-state index contributed by atoms with van der Waals surface area (Å²) in [6.45, 7) is 0.380. The maximum absolute atomic E-state index is 13.2. The van der Waals surface area contributed by atoms with Crippen molar-refractivity contribution >= 4 is 23.3 Å². The average Bonchev–Trinajstić information content (AvgIpc) is 3.66. The monoisotopic (exact) mass is 515 g/mol. The van der Waals surface area contributed by atoms with E-state index in [1.807, 2.05) is 49.5 Å². The molecule has 0 radical (unpaired) electrons. The van der Waals surface area contributed by atoms with Crippen molar-refractivity contribution in [3.05, 3.63) is 61.3 Å². The van der Waals surface area contributed by atoms with Crippen LogP contribution in [0.1, 0.15) is 32.1 Å². The number of nitrogens with zero attached hydrogens (tertiary/aromatic N) is 4. The van der Waals surface area contributed by atoms with Crippen LogP contribution in [0.3, 0.4) is 0 Å². The fraction of sp³-hybridized carbons (Fsp3) is 0.345. The minimum atomic E-state index is 0.0438. The highest BCUT2D eigenvalue weighted by molar-refractivity contribution is 5.98. The summed E-state index contributed by atoms with van der Waals surface area (Å²) in [7, 11) is 5.47. The standard InChI is InChI=1S/C29H33N5O4/c1-33(21-9-5-4-6-10-21)18-28(35)34(2)24-12-8-7-11-22(24)27-17-31-29(38-27)32-20-13-14-23(25(15-20)36-3)26-16-30-19-37-26/h7-8,11-17,19,21H,4-6,9-10,18H2,1-3H3,(H,31,32). The molecule has 0 atom stereocenters. The zero-order valence-corrected chi connectivity index (χ0v) is 22.0. The van der Waals surface area contributed by atoms with Crippen LogP contribution in [0.4, 0.5) is 17.4 Å². The van der Waals surface area contributed by atoms with Crippen molar-refractivity contribution in [1.29, 1.82) is 0 Å². The topological polar surface area (TPSA) is 96.9 Å². The zero-order chi connectivity index (χ0) is 26.5. The maximum atomic E-state index is 13.2. The lowest BCUT2D eigenvalue weighted by Gasteiger charge is -2.32. The Balaban J connectivity index is 1.31. The van der Waals surface area contributed by atoms with Gasteiger partial charge in [0.05, 0.1) is 37.3 Å². The van der Waals surface area contributed by atoms with Crippen LogP contribution in [0, 0.1) is 0 Å². The van der Waals surface area contributed by atoms with Crippen molar-refractivity contribution in [2.75, 3.05) is 38.0 Å². The minimum absolute atomic E-state index is 0.0438. The number of likely N-dealkylation sites (N-methyl/N-ethyl adjacent to an activating group) is 2. The number of benzene rings is 2. The molecular weight excluding hydrogens is 482 g/mol. The van der Waals surface area contributed by atoms with Crippen LogP contribution >= 0.6 is 0 Å². The largest absolute Gasteiger partial charge is 0.496 e. The van der Waals surface area contributed by atoms with E-state index in [1.54, 1.807) is 24.4 Å². The molecule has 2 aromatic heterocycles. The molecule has 1 aliphatic carbocycles. The van der Waals surface area contributed by atoms with E-state index < -0.39 is 0 Å².